The van der Waals surface area contributed by atoms with Crippen LogP contribution in [0.4, 0.5) is 5.69 Å². The maximum Gasteiger partial charge on any atom is 0.241 e. The number of nitrogens with one attached hydrogen (secondary N) is 2. The number of amides is 1. The van der Waals surface area contributed by atoms with Gasteiger partial charge in [-0.1, -0.05) is 26.8 Å². The van der Waals surface area contributed by atoms with Crippen molar-refractivity contribution in [1.29, 1.82) is 0 Å². The van der Waals surface area contributed by atoms with E-state index >= 15 is 0 Å². The van der Waals surface area contributed by atoms with Crippen molar-refractivity contribution in [3.63, 3.8) is 0 Å². The van der Waals surface area contributed by atoms with Crippen molar-refractivity contribution in [1.82, 2.24) is 9.97 Å². The summed E-state index contributed by atoms with van der Waals surface area (Å²) in [5.74, 6) is -0.170. The molecule has 0 aliphatic heterocycles. The number of benzene rings is 1. The first kappa shape index (κ1) is 17.2. The number of nitrogens with two attached hydrogens (primary N) is 1. The zero-order valence-electron chi connectivity index (χ0n) is 15.1. The summed E-state index contributed by atoms with van der Waals surface area (Å²) >= 11 is 0. The second-order valence-corrected chi connectivity index (χ2v) is 7.46. The second-order valence-electron chi connectivity index (χ2n) is 7.46. The van der Waals surface area contributed by atoms with E-state index in [1.54, 1.807) is 6.20 Å². The number of H-pyrrole nitrogens is 1. The van der Waals surface area contributed by atoms with E-state index in [0.717, 1.165) is 33.4 Å². The number of carbonyl (C=O) groups excluding carboxylic acids is 1. The Kier molecular flexibility index (Phi) is 4.35. The van der Waals surface area contributed by atoms with Gasteiger partial charge in [-0.3, -0.25) is 4.79 Å². The van der Waals surface area contributed by atoms with Crippen LogP contribution in [-0.2, 0) is 4.79 Å². The Morgan fingerprint density at radius 3 is 2.64 bits per heavy atom. The van der Waals surface area contributed by atoms with Gasteiger partial charge in [-0.15, -0.1) is 0 Å². The van der Waals surface area contributed by atoms with Gasteiger partial charge in [0.05, 0.1) is 6.04 Å². The number of aryl methyl sites for hydroxylation is 1. The summed E-state index contributed by atoms with van der Waals surface area (Å²) in [5.41, 5.74) is 10.7. The molecule has 0 radical (unpaired) electrons. The van der Waals surface area contributed by atoms with Crippen LogP contribution in [0.15, 0.2) is 42.7 Å². The van der Waals surface area contributed by atoms with E-state index in [2.05, 4.69) is 15.3 Å². The number of hydrogen-bond donors (Lipinski definition) is 3. The number of aromatic amines is 1. The van der Waals surface area contributed by atoms with Crippen LogP contribution in [-0.4, -0.2) is 21.9 Å². The third-order valence-electron chi connectivity index (χ3n) is 4.46. The summed E-state index contributed by atoms with van der Waals surface area (Å²) in [6, 6.07) is 9.37. The Hall–Kier alpha value is -2.66. The van der Waals surface area contributed by atoms with E-state index in [1.807, 2.05) is 64.2 Å². The van der Waals surface area contributed by atoms with E-state index in [-0.39, 0.29) is 11.3 Å². The van der Waals surface area contributed by atoms with Gasteiger partial charge in [-0.05, 0) is 53.3 Å². The normalized spacial score (nSPS) is 13.0. The van der Waals surface area contributed by atoms with Gasteiger partial charge in [0, 0.05) is 23.5 Å². The molecule has 4 N–H and O–H groups in total. The topological polar surface area (TPSA) is 83.8 Å². The molecule has 0 spiro atoms. The first-order chi connectivity index (χ1) is 11.8. The molecular formula is C20H24N4O. The molecule has 3 rings (SSSR count). The minimum Gasteiger partial charge on any atom is -0.346 e. The standard InChI is InChI=1S/C20H24N4O/c1-12-11-13(24-19(25)17(21)20(2,3)4)5-6-14(12)15-7-9-22-18-16(15)8-10-23-18/h5-11,17H,21H2,1-4H3,(H,22,23)(H,24,25)/t17-/m0/s1. The zero-order valence-corrected chi connectivity index (χ0v) is 15.1. The number of carbonyl (C=O) groups is 1. The van der Waals surface area contributed by atoms with Gasteiger partial charge in [-0.25, -0.2) is 4.98 Å². The number of nitrogens with zero attached hydrogens (tertiary/aromatic N) is 1. The van der Waals surface area contributed by atoms with Gasteiger partial charge in [0.1, 0.15) is 5.65 Å². The average Bonchev–Trinajstić information content (AvgIpc) is 3.02. The molecule has 3 aromatic rings. The molecule has 0 unspecified atom stereocenters. The summed E-state index contributed by atoms with van der Waals surface area (Å²) in [5, 5.41) is 4.00. The summed E-state index contributed by atoms with van der Waals surface area (Å²) in [6.45, 7) is 7.90. The van der Waals surface area contributed by atoms with Crippen molar-refractivity contribution < 1.29 is 4.79 Å². The van der Waals surface area contributed by atoms with Gasteiger partial charge < -0.3 is 16.0 Å². The van der Waals surface area contributed by atoms with Crippen LogP contribution in [0.3, 0.4) is 0 Å². The fourth-order valence-electron chi connectivity index (χ4n) is 2.85. The molecule has 1 amide bonds. The predicted molar refractivity (Wildman–Crippen MR) is 102 cm³/mol. The third kappa shape index (κ3) is 3.42. The lowest BCUT2D eigenvalue weighted by atomic mass is 9.87. The summed E-state index contributed by atoms with van der Waals surface area (Å²) < 4.78 is 0. The first-order valence-corrected chi connectivity index (χ1v) is 8.37. The third-order valence-corrected chi connectivity index (χ3v) is 4.46. The Bertz CT molecular complexity index is 921. The largest absolute Gasteiger partial charge is 0.346 e. The van der Waals surface area contributed by atoms with Gasteiger partial charge >= 0.3 is 0 Å². The van der Waals surface area contributed by atoms with Crippen molar-refractivity contribution in [3.8, 4) is 11.1 Å². The van der Waals surface area contributed by atoms with Gasteiger partial charge in [0.15, 0.2) is 0 Å². The average molecular weight is 336 g/mol. The maximum absolute atomic E-state index is 12.3. The van der Waals surface area contributed by atoms with Crippen LogP contribution in [0, 0.1) is 12.3 Å². The predicted octanol–water partition coefficient (Wildman–Crippen LogP) is 3.85. The van der Waals surface area contributed by atoms with E-state index in [1.165, 1.54) is 0 Å². The van der Waals surface area contributed by atoms with Gasteiger partial charge in [0.25, 0.3) is 0 Å². The quantitative estimate of drug-likeness (QED) is 0.679. The smallest absolute Gasteiger partial charge is 0.241 e. The molecule has 0 aliphatic rings. The van der Waals surface area contributed by atoms with Crippen LogP contribution >= 0.6 is 0 Å². The lowest BCUT2D eigenvalue weighted by molar-refractivity contribution is -0.119. The maximum atomic E-state index is 12.3. The molecule has 5 heteroatoms. The fraction of sp³-hybridized carbons (Fsp3) is 0.300. The Balaban J connectivity index is 1.89. The van der Waals surface area contributed by atoms with Crippen LogP contribution in [0.2, 0.25) is 0 Å². The Labute approximate surface area is 147 Å². The molecule has 25 heavy (non-hydrogen) atoms. The van der Waals surface area contributed by atoms with E-state index in [4.69, 9.17) is 5.73 Å². The number of pyridine rings is 1. The highest BCUT2D eigenvalue weighted by Crippen LogP contribution is 2.31. The summed E-state index contributed by atoms with van der Waals surface area (Å²) in [6.07, 6.45) is 3.69. The number of aromatic nitrogens is 2. The van der Waals surface area contributed by atoms with Crippen molar-refractivity contribution in [2.75, 3.05) is 5.32 Å². The molecule has 1 atom stereocenters. The lowest BCUT2D eigenvalue weighted by Gasteiger charge is -2.26. The number of fused-ring (bicyclic) bond motifs is 1. The van der Waals surface area contributed by atoms with Crippen LogP contribution in [0.1, 0.15) is 26.3 Å². The van der Waals surface area contributed by atoms with Crippen molar-refractivity contribution in [3.05, 3.63) is 48.3 Å². The highest BCUT2D eigenvalue weighted by atomic mass is 16.2. The summed E-state index contributed by atoms with van der Waals surface area (Å²) in [7, 11) is 0. The van der Waals surface area contributed by atoms with E-state index < -0.39 is 6.04 Å². The molecule has 0 bridgehead atoms. The van der Waals surface area contributed by atoms with E-state index in [9.17, 15) is 4.79 Å². The highest BCUT2D eigenvalue weighted by molar-refractivity contribution is 5.97. The summed E-state index contributed by atoms with van der Waals surface area (Å²) in [4.78, 5) is 19.8. The molecule has 0 fully saturated rings. The number of rotatable bonds is 3. The molecule has 1 aromatic carbocycles. The highest BCUT2D eigenvalue weighted by Gasteiger charge is 2.27. The van der Waals surface area contributed by atoms with Crippen LogP contribution in [0.25, 0.3) is 22.2 Å². The van der Waals surface area contributed by atoms with E-state index in [0.29, 0.717) is 0 Å². The second kappa shape index (κ2) is 6.33. The monoisotopic (exact) mass is 336 g/mol. The zero-order chi connectivity index (χ0) is 18.2. The minimum absolute atomic E-state index is 0.170. The Morgan fingerprint density at radius 1 is 1.20 bits per heavy atom. The first-order valence-electron chi connectivity index (χ1n) is 8.37. The molecule has 2 aromatic heterocycles. The molecule has 0 aliphatic carbocycles. The molecule has 0 saturated heterocycles. The van der Waals surface area contributed by atoms with Crippen molar-refractivity contribution in [2.24, 2.45) is 11.1 Å². The molecular weight excluding hydrogens is 312 g/mol. The molecule has 0 saturated carbocycles. The fourth-order valence-corrected chi connectivity index (χ4v) is 2.85. The van der Waals surface area contributed by atoms with Crippen molar-refractivity contribution >= 4 is 22.6 Å². The van der Waals surface area contributed by atoms with Crippen LogP contribution in [0.5, 0.6) is 0 Å². The Morgan fingerprint density at radius 2 is 1.96 bits per heavy atom. The number of anilines is 1. The molecule has 5 nitrogen and oxygen atoms in total. The number of hydrogen-bond acceptors (Lipinski definition) is 3. The minimum atomic E-state index is -0.563. The lowest BCUT2D eigenvalue weighted by Crippen LogP contribution is -2.45. The molecule has 2 heterocycles. The molecule has 130 valence electrons. The van der Waals surface area contributed by atoms with Crippen molar-refractivity contribution in [2.45, 2.75) is 33.7 Å². The SMILES string of the molecule is Cc1cc(NC(=O)[C@H](N)C(C)(C)C)ccc1-c1ccnc2[nH]ccc12. The van der Waals surface area contributed by atoms with Gasteiger partial charge in [-0.2, -0.15) is 0 Å². The van der Waals surface area contributed by atoms with Gasteiger partial charge in [0.2, 0.25) is 5.91 Å². The van der Waals surface area contributed by atoms with Crippen LogP contribution < -0.4 is 11.1 Å².